The predicted molar refractivity (Wildman–Crippen MR) is 89.7 cm³/mol. The van der Waals surface area contributed by atoms with Crippen molar-refractivity contribution in [1.29, 1.82) is 0 Å². The number of amides is 1. The van der Waals surface area contributed by atoms with Crippen LogP contribution in [0.2, 0.25) is 10.0 Å². The minimum absolute atomic E-state index is 0.155. The summed E-state index contributed by atoms with van der Waals surface area (Å²) in [6, 6.07) is 4.67. The molecule has 0 spiro atoms. The fourth-order valence-electron chi connectivity index (χ4n) is 2.61. The van der Waals surface area contributed by atoms with Gasteiger partial charge in [-0.25, -0.2) is 0 Å². The third-order valence-electron chi connectivity index (χ3n) is 3.85. The summed E-state index contributed by atoms with van der Waals surface area (Å²) in [5.41, 5.74) is -0.815. The quantitative estimate of drug-likeness (QED) is 0.798. The lowest BCUT2D eigenvalue weighted by atomic mass is 9.86. The third kappa shape index (κ3) is 5.26. The highest BCUT2D eigenvalue weighted by molar-refractivity contribution is 6.34. The SMILES string of the molecule is CC(Oc1cc(Cl)cc(Cl)c1)C(=O)NC1(CC(=O)O)CCOCC1. The standard InChI is InChI=1S/C16H19Cl2NO5/c1-10(24-13-7-11(17)6-12(18)8-13)15(22)19-16(9-14(20)21)2-4-23-5-3-16/h6-8,10H,2-5,9H2,1H3,(H,19,22)(H,20,21). The molecule has 0 radical (unpaired) electrons. The van der Waals surface area contributed by atoms with Crippen LogP contribution in [-0.4, -0.2) is 41.8 Å². The molecular weight excluding hydrogens is 357 g/mol. The van der Waals surface area contributed by atoms with Gasteiger partial charge >= 0.3 is 5.97 Å². The molecule has 1 aromatic rings. The number of hydrogen-bond acceptors (Lipinski definition) is 4. The first-order valence-corrected chi connectivity index (χ1v) is 8.30. The third-order valence-corrected chi connectivity index (χ3v) is 4.28. The van der Waals surface area contributed by atoms with Gasteiger partial charge < -0.3 is 19.9 Å². The molecule has 0 aromatic heterocycles. The zero-order valence-electron chi connectivity index (χ0n) is 13.2. The van der Waals surface area contributed by atoms with Crippen LogP contribution in [0.3, 0.4) is 0 Å². The first-order valence-electron chi connectivity index (χ1n) is 7.54. The lowest BCUT2D eigenvalue weighted by Gasteiger charge is -2.37. The van der Waals surface area contributed by atoms with Crippen LogP contribution in [0.15, 0.2) is 18.2 Å². The number of carboxylic acids is 1. The Kier molecular flexibility index (Phi) is 6.32. The lowest BCUT2D eigenvalue weighted by molar-refractivity contribution is -0.141. The van der Waals surface area contributed by atoms with E-state index in [9.17, 15) is 9.59 Å². The van der Waals surface area contributed by atoms with Gasteiger partial charge in [-0.3, -0.25) is 9.59 Å². The Morgan fingerprint density at radius 3 is 2.42 bits per heavy atom. The molecule has 8 heteroatoms. The van der Waals surface area contributed by atoms with Crippen molar-refractivity contribution in [2.45, 2.75) is 37.8 Å². The number of carbonyl (C=O) groups excluding carboxylic acids is 1. The summed E-state index contributed by atoms with van der Waals surface area (Å²) in [6.45, 7) is 2.40. The minimum Gasteiger partial charge on any atom is -0.481 e. The van der Waals surface area contributed by atoms with E-state index in [4.69, 9.17) is 37.8 Å². The number of aliphatic carboxylic acids is 1. The van der Waals surface area contributed by atoms with Crippen LogP contribution in [0.1, 0.15) is 26.2 Å². The van der Waals surface area contributed by atoms with Crippen molar-refractivity contribution in [3.05, 3.63) is 28.2 Å². The molecule has 1 aliphatic heterocycles. The van der Waals surface area contributed by atoms with Crippen molar-refractivity contribution >= 4 is 35.1 Å². The molecule has 0 saturated carbocycles. The van der Waals surface area contributed by atoms with Gasteiger partial charge in [0.1, 0.15) is 5.75 Å². The molecule has 24 heavy (non-hydrogen) atoms. The van der Waals surface area contributed by atoms with Gasteiger partial charge in [-0.15, -0.1) is 0 Å². The number of nitrogens with one attached hydrogen (secondary N) is 1. The molecule has 1 saturated heterocycles. The monoisotopic (exact) mass is 375 g/mol. The lowest BCUT2D eigenvalue weighted by Crippen LogP contribution is -2.56. The molecule has 2 N–H and O–H groups in total. The van der Waals surface area contributed by atoms with Crippen molar-refractivity contribution in [3.8, 4) is 5.75 Å². The Labute approximate surface area is 150 Å². The van der Waals surface area contributed by atoms with Crippen LogP contribution in [0.25, 0.3) is 0 Å². The summed E-state index contributed by atoms with van der Waals surface area (Å²) in [5, 5.41) is 12.7. The maximum Gasteiger partial charge on any atom is 0.305 e. The Morgan fingerprint density at radius 1 is 1.29 bits per heavy atom. The van der Waals surface area contributed by atoms with Gasteiger partial charge in [0.15, 0.2) is 6.10 Å². The summed E-state index contributed by atoms with van der Waals surface area (Å²) in [5.74, 6) is -0.990. The highest BCUT2D eigenvalue weighted by Gasteiger charge is 2.37. The van der Waals surface area contributed by atoms with E-state index >= 15 is 0 Å². The second kappa shape index (κ2) is 8.05. The Bertz CT molecular complexity index is 596. The molecule has 1 unspecified atom stereocenters. The fraction of sp³-hybridized carbons (Fsp3) is 0.500. The molecular formula is C16H19Cl2NO5. The first-order chi connectivity index (χ1) is 11.3. The molecule has 1 aliphatic rings. The molecule has 6 nitrogen and oxygen atoms in total. The van der Waals surface area contributed by atoms with E-state index in [1.807, 2.05) is 0 Å². The molecule has 0 aliphatic carbocycles. The number of ether oxygens (including phenoxy) is 2. The number of hydrogen-bond donors (Lipinski definition) is 2. The zero-order valence-corrected chi connectivity index (χ0v) is 14.7. The summed E-state index contributed by atoms with van der Waals surface area (Å²) >= 11 is 11.8. The summed E-state index contributed by atoms with van der Waals surface area (Å²) < 4.78 is 10.8. The van der Waals surface area contributed by atoms with Crippen molar-refractivity contribution in [3.63, 3.8) is 0 Å². The second-order valence-electron chi connectivity index (χ2n) is 5.82. The molecule has 1 amide bonds. The van der Waals surface area contributed by atoms with Crippen LogP contribution in [0.5, 0.6) is 5.75 Å². The van der Waals surface area contributed by atoms with Gasteiger partial charge in [0.2, 0.25) is 0 Å². The summed E-state index contributed by atoms with van der Waals surface area (Å²) in [6.07, 6.45) is -0.0904. The van der Waals surface area contributed by atoms with E-state index in [-0.39, 0.29) is 6.42 Å². The molecule has 2 rings (SSSR count). The summed E-state index contributed by atoms with van der Waals surface area (Å²) in [7, 11) is 0. The van der Waals surface area contributed by atoms with Crippen molar-refractivity contribution < 1.29 is 24.2 Å². The van der Waals surface area contributed by atoms with Gasteiger partial charge in [-0.2, -0.15) is 0 Å². The maximum absolute atomic E-state index is 12.4. The van der Waals surface area contributed by atoms with E-state index in [1.165, 1.54) is 0 Å². The maximum atomic E-state index is 12.4. The molecule has 1 aromatic carbocycles. The smallest absolute Gasteiger partial charge is 0.305 e. The van der Waals surface area contributed by atoms with Crippen molar-refractivity contribution in [2.24, 2.45) is 0 Å². The van der Waals surface area contributed by atoms with Crippen LogP contribution in [0, 0.1) is 0 Å². The summed E-state index contributed by atoms with van der Waals surface area (Å²) in [4.78, 5) is 23.6. The van der Waals surface area contributed by atoms with Gasteiger partial charge in [0.05, 0.1) is 12.0 Å². The molecule has 1 atom stereocenters. The normalized spacial score (nSPS) is 17.8. The van der Waals surface area contributed by atoms with Gasteiger partial charge in [0, 0.05) is 23.3 Å². The van der Waals surface area contributed by atoms with Crippen molar-refractivity contribution in [1.82, 2.24) is 5.32 Å². The van der Waals surface area contributed by atoms with E-state index in [2.05, 4.69) is 5.32 Å². The zero-order chi connectivity index (χ0) is 17.7. The predicted octanol–water partition coefficient (Wildman–Crippen LogP) is 2.90. The van der Waals surface area contributed by atoms with Crippen LogP contribution in [0.4, 0.5) is 0 Å². The Morgan fingerprint density at radius 2 is 1.88 bits per heavy atom. The van der Waals surface area contributed by atoms with E-state index in [0.29, 0.717) is 41.9 Å². The first kappa shape index (κ1) is 18.8. The van der Waals surface area contributed by atoms with Gasteiger partial charge in [-0.05, 0) is 38.0 Å². The van der Waals surface area contributed by atoms with E-state index < -0.39 is 23.5 Å². The number of carbonyl (C=O) groups is 2. The Balaban J connectivity index is 2.04. The number of rotatable bonds is 6. The Hall–Kier alpha value is -1.50. The average Bonchev–Trinajstić information content (AvgIpc) is 2.45. The second-order valence-corrected chi connectivity index (χ2v) is 6.69. The van der Waals surface area contributed by atoms with Crippen LogP contribution < -0.4 is 10.1 Å². The average molecular weight is 376 g/mol. The number of carboxylic acid groups (broad SMARTS) is 1. The number of halogens is 2. The van der Waals surface area contributed by atoms with E-state index in [1.54, 1.807) is 25.1 Å². The van der Waals surface area contributed by atoms with Crippen LogP contribution in [-0.2, 0) is 14.3 Å². The number of benzene rings is 1. The highest BCUT2D eigenvalue weighted by atomic mass is 35.5. The topological polar surface area (TPSA) is 84.9 Å². The minimum atomic E-state index is -0.965. The molecule has 132 valence electrons. The fourth-order valence-corrected chi connectivity index (χ4v) is 3.12. The van der Waals surface area contributed by atoms with Crippen molar-refractivity contribution in [2.75, 3.05) is 13.2 Å². The van der Waals surface area contributed by atoms with E-state index in [0.717, 1.165) is 0 Å². The highest BCUT2D eigenvalue weighted by Crippen LogP contribution is 2.27. The molecule has 1 fully saturated rings. The largest absolute Gasteiger partial charge is 0.481 e. The van der Waals surface area contributed by atoms with Gasteiger partial charge in [0.25, 0.3) is 5.91 Å². The van der Waals surface area contributed by atoms with Gasteiger partial charge in [-0.1, -0.05) is 23.2 Å². The molecule has 1 heterocycles. The van der Waals surface area contributed by atoms with Crippen LogP contribution >= 0.6 is 23.2 Å². The molecule has 0 bridgehead atoms.